The molecule has 1 unspecified atom stereocenters. The van der Waals surface area contributed by atoms with Gasteiger partial charge in [-0.2, -0.15) is 0 Å². The van der Waals surface area contributed by atoms with Crippen molar-refractivity contribution in [3.05, 3.63) is 53.9 Å². The number of nitrogens with one attached hydrogen (secondary N) is 1. The number of para-hydroxylation sites is 1. The molecule has 0 spiro atoms. The van der Waals surface area contributed by atoms with E-state index in [1.165, 1.54) is 11.1 Å². The lowest BCUT2D eigenvalue weighted by Crippen LogP contribution is -2.20. The fourth-order valence-corrected chi connectivity index (χ4v) is 2.46. The Morgan fingerprint density at radius 2 is 2.00 bits per heavy atom. The summed E-state index contributed by atoms with van der Waals surface area (Å²) in [4.78, 5) is 0. The van der Waals surface area contributed by atoms with Crippen LogP contribution in [0.4, 0.5) is 0 Å². The summed E-state index contributed by atoms with van der Waals surface area (Å²) < 4.78 is 7.65. The fraction of sp³-hybridized carbons (Fsp3) is 0.412. The zero-order valence-corrected chi connectivity index (χ0v) is 12.6. The van der Waals surface area contributed by atoms with Crippen molar-refractivity contribution in [3.63, 3.8) is 0 Å². The largest absolute Gasteiger partial charge is 0.496 e. The third kappa shape index (κ3) is 3.42. The van der Waals surface area contributed by atoms with E-state index in [0.717, 1.165) is 25.3 Å². The van der Waals surface area contributed by atoms with Gasteiger partial charge in [0.25, 0.3) is 0 Å². The first-order valence-electron chi connectivity index (χ1n) is 7.29. The van der Waals surface area contributed by atoms with Gasteiger partial charge in [-0.3, -0.25) is 0 Å². The predicted octanol–water partition coefficient (Wildman–Crippen LogP) is 3.76. The van der Waals surface area contributed by atoms with Gasteiger partial charge in [-0.15, -0.1) is 0 Å². The first-order valence-corrected chi connectivity index (χ1v) is 7.29. The van der Waals surface area contributed by atoms with Gasteiger partial charge in [-0.1, -0.05) is 25.1 Å². The van der Waals surface area contributed by atoms with E-state index in [4.69, 9.17) is 4.74 Å². The maximum atomic E-state index is 5.46. The van der Waals surface area contributed by atoms with Crippen LogP contribution in [0.1, 0.15) is 37.4 Å². The van der Waals surface area contributed by atoms with Gasteiger partial charge in [0.2, 0.25) is 0 Å². The standard InChI is InChI=1S/C17H24N2O/c1-4-16(15-8-6-7-9-17(15)20-3)18-12-14-10-11-19(5-2)13-14/h6-11,13,16,18H,4-5,12H2,1-3H3. The molecule has 3 heteroatoms. The van der Waals surface area contributed by atoms with Crippen LogP contribution < -0.4 is 10.1 Å². The molecule has 0 amide bonds. The Balaban J connectivity index is 2.05. The SMILES string of the molecule is CCC(NCc1ccn(CC)c1)c1ccccc1OC. The number of methoxy groups -OCH3 is 1. The molecule has 2 aromatic rings. The molecule has 0 saturated carbocycles. The van der Waals surface area contributed by atoms with Crippen molar-refractivity contribution in [1.29, 1.82) is 0 Å². The van der Waals surface area contributed by atoms with E-state index in [9.17, 15) is 0 Å². The molecule has 2 rings (SSSR count). The Bertz CT molecular complexity index is 533. The summed E-state index contributed by atoms with van der Waals surface area (Å²) in [6, 6.07) is 10.7. The molecule has 108 valence electrons. The van der Waals surface area contributed by atoms with E-state index in [-0.39, 0.29) is 0 Å². The van der Waals surface area contributed by atoms with Crippen molar-refractivity contribution in [1.82, 2.24) is 9.88 Å². The van der Waals surface area contributed by atoms with Crippen molar-refractivity contribution < 1.29 is 4.74 Å². The smallest absolute Gasteiger partial charge is 0.123 e. The number of aryl methyl sites for hydroxylation is 1. The number of ether oxygens (including phenoxy) is 1. The summed E-state index contributed by atoms with van der Waals surface area (Å²) in [5.41, 5.74) is 2.55. The minimum atomic E-state index is 0.316. The number of hydrogen-bond donors (Lipinski definition) is 1. The van der Waals surface area contributed by atoms with Crippen LogP contribution in [0.25, 0.3) is 0 Å². The normalized spacial score (nSPS) is 12.3. The quantitative estimate of drug-likeness (QED) is 0.830. The summed E-state index contributed by atoms with van der Waals surface area (Å²) in [5, 5.41) is 3.62. The molecule has 0 saturated heterocycles. The van der Waals surface area contributed by atoms with Crippen molar-refractivity contribution in [2.24, 2.45) is 0 Å². The summed E-state index contributed by atoms with van der Waals surface area (Å²) in [6.07, 6.45) is 5.36. The average Bonchev–Trinajstić information content (AvgIpc) is 2.96. The Morgan fingerprint density at radius 3 is 2.65 bits per heavy atom. The predicted molar refractivity (Wildman–Crippen MR) is 83.0 cm³/mol. The molecule has 0 bridgehead atoms. The third-order valence-corrected chi connectivity index (χ3v) is 3.65. The first kappa shape index (κ1) is 14.7. The molecular formula is C17H24N2O. The minimum absolute atomic E-state index is 0.316. The van der Waals surface area contributed by atoms with Crippen molar-refractivity contribution in [2.45, 2.75) is 39.4 Å². The molecule has 0 aliphatic rings. The first-order chi connectivity index (χ1) is 9.78. The lowest BCUT2D eigenvalue weighted by atomic mass is 10.0. The highest BCUT2D eigenvalue weighted by molar-refractivity contribution is 5.35. The van der Waals surface area contributed by atoms with Gasteiger partial charge in [-0.05, 0) is 31.0 Å². The molecule has 0 aliphatic heterocycles. The van der Waals surface area contributed by atoms with Crippen LogP contribution in [-0.2, 0) is 13.1 Å². The molecule has 1 atom stereocenters. The van der Waals surface area contributed by atoms with Crippen LogP contribution >= 0.6 is 0 Å². The Kier molecular flexibility index (Phi) is 5.24. The second-order valence-corrected chi connectivity index (χ2v) is 4.93. The molecule has 20 heavy (non-hydrogen) atoms. The molecule has 0 radical (unpaired) electrons. The van der Waals surface area contributed by atoms with Crippen LogP contribution in [0.3, 0.4) is 0 Å². The lowest BCUT2D eigenvalue weighted by molar-refractivity contribution is 0.396. The van der Waals surface area contributed by atoms with Crippen molar-refractivity contribution in [2.75, 3.05) is 7.11 Å². The second-order valence-electron chi connectivity index (χ2n) is 4.93. The van der Waals surface area contributed by atoms with Crippen LogP contribution in [-0.4, -0.2) is 11.7 Å². The molecule has 3 nitrogen and oxygen atoms in total. The van der Waals surface area contributed by atoms with Gasteiger partial charge in [0.05, 0.1) is 7.11 Å². The van der Waals surface area contributed by atoms with Crippen molar-refractivity contribution >= 4 is 0 Å². The highest BCUT2D eigenvalue weighted by Crippen LogP contribution is 2.27. The van der Waals surface area contributed by atoms with Gasteiger partial charge >= 0.3 is 0 Å². The average molecular weight is 272 g/mol. The Hall–Kier alpha value is -1.74. The minimum Gasteiger partial charge on any atom is -0.496 e. The monoisotopic (exact) mass is 272 g/mol. The van der Waals surface area contributed by atoms with Crippen molar-refractivity contribution in [3.8, 4) is 5.75 Å². The number of hydrogen-bond acceptors (Lipinski definition) is 2. The highest BCUT2D eigenvalue weighted by atomic mass is 16.5. The van der Waals surface area contributed by atoms with Crippen LogP contribution in [0.5, 0.6) is 5.75 Å². The zero-order valence-electron chi connectivity index (χ0n) is 12.6. The van der Waals surface area contributed by atoms with E-state index >= 15 is 0 Å². The van der Waals surface area contributed by atoms with Crippen LogP contribution in [0.15, 0.2) is 42.7 Å². The molecule has 1 heterocycles. The van der Waals surface area contributed by atoms with E-state index < -0.39 is 0 Å². The molecule has 0 fully saturated rings. The molecule has 1 aromatic heterocycles. The highest BCUT2D eigenvalue weighted by Gasteiger charge is 2.13. The maximum Gasteiger partial charge on any atom is 0.123 e. The third-order valence-electron chi connectivity index (χ3n) is 3.65. The molecule has 0 aliphatic carbocycles. The topological polar surface area (TPSA) is 26.2 Å². The van der Waals surface area contributed by atoms with Crippen LogP contribution in [0.2, 0.25) is 0 Å². The van der Waals surface area contributed by atoms with E-state index in [0.29, 0.717) is 6.04 Å². The zero-order chi connectivity index (χ0) is 14.4. The number of rotatable bonds is 7. The van der Waals surface area contributed by atoms with E-state index in [2.05, 4.69) is 54.3 Å². The van der Waals surface area contributed by atoms with E-state index in [1.54, 1.807) is 7.11 Å². The molecular weight excluding hydrogens is 248 g/mol. The fourth-order valence-electron chi connectivity index (χ4n) is 2.46. The summed E-state index contributed by atoms with van der Waals surface area (Å²) in [5.74, 6) is 0.956. The van der Waals surface area contributed by atoms with Gasteiger partial charge in [0.1, 0.15) is 5.75 Å². The maximum absolute atomic E-state index is 5.46. The summed E-state index contributed by atoms with van der Waals surface area (Å²) in [7, 11) is 1.73. The Morgan fingerprint density at radius 1 is 1.20 bits per heavy atom. The number of nitrogens with zero attached hydrogens (tertiary/aromatic N) is 1. The summed E-state index contributed by atoms with van der Waals surface area (Å²) >= 11 is 0. The molecule has 1 aromatic carbocycles. The number of aromatic nitrogens is 1. The lowest BCUT2D eigenvalue weighted by Gasteiger charge is -2.19. The Labute approximate surface area is 121 Å². The van der Waals surface area contributed by atoms with Crippen LogP contribution in [0, 0.1) is 0 Å². The van der Waals surface area contributed by atoms with Gasteiger partial charge in [-0.25, -0.2) is 0 Å². The number of benzene rings is 1. The van der Waals surface area contributed by atoms with Gasteiger partial charge in [0, 0.05) is 37.1 Å². The van der Waals surface area contributed by atoms with Gasteiger partial charge in [0.15, 0.2) is 0 Å². The second kappa shape index (κ2) is 7.15. The van der Waals surface area contributed by atoms with Gasteiger partial charge < -0.3 is 14.6 Å². The summed E-state index contributed by atoms with van der Waals surface area (Å²) in [6.45, 7) is 6.25. The molecule has 1 N–H and O–H groups in total. The van der Waals surface area contributed by atoms with E-state index in [1.807, 2.05) is 12.1 Å².